The quantitative estimate of drug-likeness (QED) is 0.640. The standard InChI is InChI=1S/C9H12O2/c1-6-3-4-9(11)8(5-10)7(6)2/h3-4,10-11H,5H2,1-2H3. The molecule has 0 amide bonds. The fourth-order valence-electron chi connectivity index (χ4n) is 1.06. The summed E-state index contributed by atoms with van der Waals surface area (Å²) in [5, 5.41) is 18.1. The van der Waals surface area contributed by atoms with Crippen molar-refractivity contribution in [2.75, 3.05) is 0 Å². The Bertz CT molecular complexity index is 267. The van der Waals surface area contributed by atoms with Crippen LogP contribution in [-0.2, 0) is 6.61 Å². The summed E-state index contributed by atoms with van der Waals surface area (Å²) in [6.07, 6.45) is 0. The Balaban J connectivity index is 3.29. The van der Waals surface area contributed by atoms with Crippen LogP contribution in [0.1, 0.15) is 16.7 Å². The van der Waals surface area contributed by atoms with Crippen molar-refractivity contribution < 1.29 is 10.2 Å². The topological polar surface area (TPSA) is 40.5 Å². The molecule has 0 aliphatic rings. The van der Waals surface area contributed by atoms with E-state index in [-0.39, 0.29) is 12.4 Å². The molecule has 0 fully saturated rings. The molecule has 2 heteroatoms. The van der Waals surface area contributed by atoms with Crippen molar-refractivity contribution in [3.8, 4) is 5.75 Å². The second kappa shape index (κ2) is 2.93. The van der Waals surface area contributed by atoms with E-state index < -0.39 is 0 Å². The van der Waals surface area contributed by atoms with E-state index in [4.69, 9.17) is 5.11 Å². The van der Waals surface area contributed by atoms with Crippen molar-refractivity contribution >= 4 is 0 Å². The fourth-order valence-corrected chi connectivity index (χ4v) is 1.06. The molecule has 0 spiro atoms. The van der Waals surface area contributed by atoms with Gasteiger partial charge in [0.15, 0.2) is 0 Å². The van der Waals surface area contributed by atoms with E-state index in [1.54, 1.807) is 6.07 Å². The molecule has 60 valence electrons. The summed E-state index contributed by atoms with van der Waals surface area (Å²) in [5.41, 5.74) is 2.68. The van der Waals surface area contributed by atoms with Crippen molar-refractivity contribution in [1.29, 1.82) is 0 Å². The zero-order chi connectivity index (χ0) is 8.43. The molecule has 2 N–H and O–H groups in total. The van der Waals surface area contributed by atoms with Gasteiger partial charge in [0.25, 0.3) is 0 Å². The molecule has 0 saturated carbocycles. The largest absolute Gasteiger partial charge is 0.508 e. The van der Waals surface area contributed by atoms with Crippen LogP contribution >= 0.6 is 0 Å². The summed E-state index contributed by atoms with van der Waals surface area (Å²) in [6.45, 7) is 3.74. The fraction of sp³-hybridized carbons (Fsp3) is 0.333. The minimum atomic E-state index is -0.0979. The number of aromatic hydroxyl groups is 1. The Morgan fingerprint density at radius 3 is 2.36 bits per heavy atom. The monoisotopic (exact) mass is 152 g/mol. The van der Waals surface area contributed by atoms with E-state index >= 15 is 0 Å². The first-order valence-corrected chi connectivity index (χ1v) is 3.55. The lowest BCUT2D eigenvalue weighted by molar-refractivity contribution is 0.274. The van der Waals surface area contributed by atoms with Crippen molar-refractivity contribution in [2.45, 2.75) is 20.5 Å². The number of hydrogen-bond donors (Lipinski definition) is 2. The molecule has 11 heavy (non-hydrogen) atoms. The Morgan fingerprint density at radius 2 is 1.91 bits per heavy atom. The number of aliphatic hydroxyl groups is 1. The molecule has 0 aromatic heterocycles. The van der Waals surface area contributed by atoms with E-state index in [1.807, 2.05) is 19.9 Å². The van der Waals surface area contributed by atoms with Gasteiger partial charge in [-0.05, 0) is 31.0 Å². The maximum Gasteiger partial charge on any atom is 0.121 e. The maximum atomic E-state index is 9.26. The molecule has 0 unspecified atom stereocenters. The van der Waals surface area contributed by atoms with Crippen LogP contribution in [0.15, 0.2) is 12.1 Å². The molecular weight excluding hydrogens is 140 g/mol. The normalized spacial score (nSPS) is 10.1. The van der Waals surface area contributed by atoms with Crippen LogP contribution in [0.4, 0.5) is 0 Å². The minimum absolute atomic E-state index is 0.0979. The molecule has 0 aliphatic heterocycles. The molecule has 1 aromatic rings. The highest BCUT2D eigenvalue weighted by atomic mass is 16.3. The predicted molar refractivity (Wildman–Crippen MR) is 43.5 cm³/mol. The van der Waals surface area contributed by atoms with Gasteiger partial charge in [-0.2, -0.15) is 0 Å². The lowest BCUT2D eigenvalue weighted by atomic mass is 10.0. The highest BCUT2D eigenvalue weighted by molar-refractivity contribution is 5.42. The molecule has 0 aliphatic carbocycles. The van der Waals surface area contributed by atoms with Crippen LogP contribution in [0.3, 0.4) is 0 Å². The van der Waals surface area contributed by atoms with Crippen LogP contribution in [0, 0.1) is 13.8 Å². The van der Waals surface area contributed by atoms with Gasteiger partial charge < -0.3 is 10.2 Å². The Labute approximate surface area is 66.1 Å². The van der Waals surface area contributed by atoms with E-state index in [9.17, 15) is 5.11 Å². The number of benzene rings is 1. The van der Waals surface area contributed by atoms with Gasteiger partial charge in [-0.1, -0.05) is 6.07 Å². The van der Waals surface area contributed by atoms with Crippen LogP contribution in [0.5, 0.6) is 5.75 Å². The minimum Gasteiger partial charge on any atom is -0.508 e. The first-order valence-electron chi connectivity index (χ1n) is 3.55. The second-order valence-electron chi connectivity index (χ2n) is 2.66. The molecule has 0 radical (unpaired) electrons. The predicted octanol–water partition coefficient (Wildman–Crippen LogP) is 1.50. The van der Waals surface area contributed by atoms with Crippen molar-refractivity contribution in [1.82, 2.24) is 0 Å². The molecule has 0 saturated heterocycles. The van der Waals surface area contributed by atoms with E-state index in [1.165, 1.54) is 0 Å². The van der Waals surface area contributed by atoms with Gasteiger partial charge in [-0.15, -0.1) is 0 Å². The number of rotatable bonds is 1. The maximum absolute atomic E-state index is 9.26. The molecule has 1 aromatic carbocycles. The molecule has 0 heterocycles. The van der Waals surface area contributed by atoms with Gasteiger partial charge in [0, 0.05) is 5.56 Å². The highest BCUT2D eigenvalue weighted by Crippen LogP contribution is 2.22. The van der Waals surface area contributed by atoms with E-state index in [0.717, 1.165) is 11.1 Å². The van der Waals surface area contributed by atoms with Gasteiger partial charge in [-0.3, -0.25) is 0 Å². The molecular formula is C9H12O2. The lowest BCUT2D eigenvalue weighted by Crippen LogP contribution is -1.91. The highest BCUT2D eigenvalue weighted by Gasteiger charge is 2.04. The van der Waals surface area contributed by atoms with Crippen LogP contribution in [0.25, 0.3) is 0 Å². The number of phenols is 1. The average Bonchev–Trinajstić information content (AvgIpc) is 1.99. The van der Waals surface area contributed by atoms with Gasteiger partial charge in [0.1, 0.15) is 5.75 Å². The number of hydrogen-bond acceptors (Lipinski definition) is 2. The van der Waals surface area contributed by atoms with Gasteiger partial charge in [0.2, 0.25) is 0 Å². The van der Waals surface area contributed by atoms with Gasteiger partial charge >= 0.3 is 0 Å². The SMILES string of the molecule is Cc1ccc(O)c(CO)c1C. The van der Waals surface area contributed by atoms with E-state index in [2.05, 4.69) is 0 Å². The zero-order valence-corrected chi connectivity index (χ0v) is 6.76. The second-order valence-corrected chi connectivity index (χ2v) is 2.66. The van der Waals surface area contributed by atoms with Gasteiger partial charge in [0.05, 0.1) is 6.61 Å². The first-order chi connectivity index (χ1) is 5.16. The van der Waals surface area contributed by atoms with Crippen molar-refractivity contribution in [3.63, 3.8) is 0 Å². The summed E-state index contributed by atoms with van der Waals surface area (Å²) in [5.74, 6) is 0.176. The Morgan fingerprint density at radius 1 is 1.27 bits per heavy atom. The number of aliphatic hydroxyl groups excluding tert-OH is 1. The summed E-state index contributed by atoms with van der Waals surface area (Å²) in [7, 11) is 0. The molecule has 2 nitrogen and oxygen atoms in total. The summed E-state index contributed by atoms with van der Waals surface area (Å²) >= 11 is 0. The average molecular weight is 152 g/mol. The summed E-state index contributed by atoms with van der Waals surface area (Å²) in [4.78, 5) is 0. The zero-order valence-electron chi connectivity index (χ0n) is 6.76. The van der Waals surface area contributed by atoms with E-state index in [0.29, 0.717) is 5.56 Å². The molecule has 0 atom stereocenters. The van der Waals surface area contributed by atoms with Gasteiger partial charge in [-0.25, -0.2) is 0 Å². The van der Waals surface area contributed by atoms with Crippen LogP contribution in [0.2, 0.25) is 0 Å². The third-order valence-corrected chi connectivity index (χ3v) is 2.00. The van der Waals surface area contributed by atoms with Crippen molar-refractivity contribution in [3.05, 3.63) is 28.8 Å². The molecule has 1 rings (SSSR count). The number of aryl methyl sites for hydroxylation is 1. The smallest absolute Gasteiger partial charge is 0.121 e. The summed E-state index contributed by atoms with van der Waals surface area (Å²) < 4.78 is 0. The lowest BCUT2D eigenvalue weighted by Gasteiger charge is -2.07. The van der Waals surface area contributed by atoms with Crippen LogP contribution in [-0.4, -0.2) is 10.2 Å². The Kier molecular flexibility index (Phi) is 2.15. The molecule has 0 bridgehead atoms. The summed E-state index contributed by atoms with van der Waals surface area (Å²) in [6, 6.07) is 3.44. The van der Waals surface area contributed by atoms with Crippen molar-refractivity contribution in [2.24, 2.45) is 0 Å². The third kappa shape index (κ3) is 1.35. The third-order valence-electron chi connectivity index (χ3n) is 2.00. The van der Waals surface area contributed by atoms with Crippen LogP contribution < -0.4 is 0 Å². The Hall–Kier alpha value is -1.02. The first kappa shape index (κ1) is 8.08.